The summed E-state index contributed by atoms with van der Waals surface area (Å²) < 4.78 is 26.1. The molecule has 0 amide bonds. The molecule has 0 saturated heterocycles. The Balaban J connectivity index is 2.38. The van der Waals surface area contributed by atoms with Gasteiger partial charge in [-0.05, 0) is 24.3 Å². The zero-order chi connectivity index (χ0) is 12.4. The monoisotopic (exact) mass is 254 g/mol. The molecular formula is C12H9ClF2N2. The highest BCUT2D eigenvalue weighted by molar-refractivity contribution is 6.34. The van der Waals surface area contributed by atoms with Crippen LogP contribution < -0.4 is 11.1 Å². The van der Waals surface area contributed by atoms with Gasteiger partial charge in [-0.15, -0.1) is 0 Å². The average Bonchev–Trinajstić information content (AvgIpc) is 2.26. The minimum atomic E-state index is -0.704. The molecule has 88 valence electrons. The van der Waals surface area contributed by atoms with Gasteiger partial charge in [0.15, 0.2) is 0 Å². The number of hydrogen-bond donors (Lipinski definition) is 2. The molecule has 2 aromatic rings. The zero-order valence-corrected chi connectivity index (χ0v) is 9.43. The van der Waals surface area contributed by atoms with Crippen molar-refractivity contribution in [2.24, 2.45) is 0 Å². The molecule has 0 fully saturated rings. The van der Waals surface area contributed by atoms with Gasteiger partial charge in [0.25, 0.3) is 0 Å². The van der Waals surface area contributed by atoms with Crippen LogP contribution in [0.3, 0.4) is 0 Å². The lowest BCUT2D eigenvalue weighted by Crippen LogP contribution is -1.99. The number of nitrogen functional groups attached to an aromatic ring is 1. The highest BCUT2D eigenvalue weighted by Crippen LogP contribution is 2.31. The molecule has 0 aliphatic carbocycles. The van der Waals surface area contributed by atoms with E-state index in [4.69, 9.17) is 17.3 Å². The SMILES string of the molecule is Nc1cccc(Cl)c1Nc1ccc(F)cc1F. The molecule has 0 unspecified atom stereocenters. The molecule has 3 N–H and O–H groups in total. The van der Waals surface area contributed by atoms with Gasteiger partial charge in [0, 0.05) is 6.07 Å². The smallest absolute Gasteiger partial charge is 0.149 e. The van der Waals surface area contributed by atoms with Gasteiger partial charge in [0.2, 0.25) is 0 Å². The molecule has 0 spiro atoms. The second-order valence-corrected chi connectivity index (χ2v) is 3.86. The van der Waals surface area contributed by atoms with Crippen LogP contribution in [-0.4, -0.2) is 0 Å². The predicted octanol–water partition coefficient (Wildman–Crippen LogP) is 3.94. The molecule has 0 heterocycles. The fourth-order valence-electron chi connectivity index (χ4n) is 1.40. The lowest BCUT2D eigenvalue weighted by molar-refractivity contribution is 0.586. The molecule has 0 saturated carbocycles. The van der Waals surface area contributed by atoms with Crippen molar-refractivity contribution in [3.05, 3.63) is 53.1 Å². The highest BCUT2D eigenvalue weighted by atomic mass is 35.5. The fraction of sp³-hybridized carbons (Fsp3) is 0. The van der Waals surface area contributed by atoms with Crippen LogP contribution in [0.4, 0.5) is 25.8 Å². The number of hydrogen-bond acceptors (Lipinski definition) is 2. The summed E-state index contributed by atoms with van der Waals surface area (Å²) in [5.41, 5.74) is 6.62. The highest BCUT2D eigenvalue weighted by Gasteiger charge is 2.08. The Kier molecular flexibility index (Phi) is 3.15. The number of nitrogens with two attached hydrogens (primary N) is 1. The molecule has 0 aliphatic heterocycles. The predicted molar refractivity (Wildman–Crippen MR) is 65.5 cm³/mol. The van der Waals surface area contributed by atoms with E-state index in [9.17, 15) is 8.78 Å². The van der Waals surface area contributed by atoms with Crippen molar-refractivity contribution in [2.75, 3.05) is 11.1 Å². The van der Waals surface area contributed by atoms with E-state index in [2.05, 4.69) is 5.32 Å². The van der Waals surface area contributed by atoms with Crippen molar-refractivity contribution >= 4 is 28.7 Å². The standard InChI is InChI=1S/C12H9ClF2N2/c13-8-2-1-3-10(16)12(8)17-11-5-4-7(14)6-9(11)15/h1-6,17H,16H2. The number of nitrogens with one attached hydrogen (secondary N) is 1. The summed E-state index contributed by atoms with van der Waals surface area (Å²) in [7, 11) is 0. The number of halogens is 3. The van der Waals surface area contributed by atoms with E-state index >= 15 is 0 Å². The second kappa shape index (κ2) is 4.59. The molecule has 0 bridgehead atoms. The lowest BCUT2D eigenvalue weighted by atomic mass is 10.2. The number of anilines is 3. The van der Waals surface area contributed by atoms with Gasteiger partial charge in [-0.1, -0.05) is 17.7 Å². The van der Waals surface area contributed by atoms with Gasteiger partial charge in [0.05, 0.1) is 22.1 Å². The van der Waals surface area contributed by atoms with Crippen LogP contribution in [0.5, 0.6) is 0 Å². The first-order valence-corrected chi connectivity index (χ1v) is 5.22. The van der Waals surface area contributed by atoms with Crippen molar-refractivity contribution in [3.8, 4) is 0 Å². The molecule has 17 heavy (non-hydrogen) atoms. The first-order valence-electron chi connectivity index (χ1n) is 4.84. The van der Waals surface area contributed by atoms with Gasteiger partial charge in [-0.25, -0.2) is 8.78 Å². The van der Waals surface area contributed by atoms with Gasteiger partial charge in [0.1, 0.15) is 11.6 Å². The van der Waals surface area contributed by atoms with Crippen molar-refractivity contribution in [1.29, 1.82) is 0 Å². The van der Waals surface area contributed by atoms with Crippen LogP contribution >= 0.6 is 11.6 Å². The van der Waals surface area contributed by atoms with Crippen molar-refractivity contribution in [2.45, 2.75) is 0 Å². The summed E-state index contributed by atoms with van der Waals surface area (Å²) in [6.07, 6.45) is 0. The van der Waals surface area contributed by atoms with Crippen molar-refractivity contribution in [1.82, 2.24) is 0 Å². The van der Waals surface area contributed by atoms with Gasteiger partial charge in [-0.2, -0.15) is 0 Å². The second-order valence-electron chi connectivity index (χ2n) is 3.45. The Morgan fingerprint density at radius 1 is 1.12 bits per heavy atom. The van der Waals surface area contributed by atoms with Crippen LogP contribution in [0.25, 0.3) is 0 Å². The lowest BCUT2D eigenvalue weighted by Gasteiger charge is -2.11. The average molecular weight is 255 g/mol. The molecular weight excluding hydrogens is 246 g/mol. The summed E-state index contributed by atoms with van der Waals surface area (Å²) in [5, 5.41) is 3.11. The maximum Gasteiger partial charge on any atom is 0.149 e. The van der Waals surface area contributed by atoms with Crippen molar-refractivity contribution in [3.63, 3.8) is 0 Å². The first kappa shape index (κ1) is 11.7. The minimum absolute atomic E-state index is 0.117. The van der Waals surface area contributed by atoms with E-state index in [0.29, 0.717) is 16.4 Å². The fourth-order valence-corrected chi connectivity index (χ4v) is 1.63. The molecule has 0 radical (unpaired) electrons. The van der Waals surface area contributed by atoms with E-state index in [1.54, 1.807) is 18.2 Å². The summed E-state index contributed by atoms with van der Waals surface area (Å²) in [6, 6.07) is 8.17. The quantitative estimate of drug-likeness (QED) is 0.797. The minimum Gasteiger partial charge on any atom is -0.397 e. The third-order valence-corrected chi connectivity index (χ3v) is 2.55. The van der Waals surface area contributed by atoms with E-state index in [1.165, 1.54) is 6.07 Å². The topological polar surface area (TPSA) is 38.0 Å². The summed E-state index contributed by atoms with van der Waals surface area (Å²) in [5.74, 6) is -1.34. The van der Waals surface area contributed by atoms with Crippen LogP contribution in [0.1, 0.15) is 0 Å². The number of rotatable bonds is 2. The van der Waals surface area contributed by atoms with Crippen LogP contribution in [-0.2, 0) is 0 Å². The van der Waals surface area contributed by atoms with E-state index in [1.807, 2.05) is 0 Å². The Morgan fingerprint density at radius 3 is 2.53 bits per heavy atom. The third-order valence-electron chi connectivity index (χ3n) is 2.24. The normalized spacial score (nSPS) is 10.3. The largest absolute Gasteiger partial charge is 0.397 e. The Hall–Kier alpha value is -1.81. The number of para-hydroxylation sites is 1. The van der Waals surface area contributed by atoms with Crippen LogP contribution in [0, 0.1) is 11.6 Å². The summed E-state index contributed by atoms with van der Waals surface area (Å²) >= 11 is 5.92. The van der Waals surface area contributed by atoms with E-state index in [0.717, 1.165) is 12.1 Å². The molecule has 0 aromatic heterocycles. The molecule has 5 heteroatoms. The Morgan fingerprint density at radius 2 is 1.88 bits per heavy atom. The van der Waals surface area contributed by atoms with Crippen LogP contribution in [0.15, 0.2) is 36.4 Å². The summed E-state index contributed by atoms with van der Waals surface area (Å²) in [4.78, 5) is 0. The van der Waals surface area contributed by atoms with Gasteiger partial charge in [-0.3, -0.25) is 0 Å². The van der Waals surface area contributed by atoms with Gasteiger partial charge >= 0.3 is 0 Å². The maximum atomic E-state index is 13.4. The molecule has 2 nitrogen and oxygen atoms in total. The maximum absolute atomic E-state index is 13.4. The first-order chi connectivity index (χ1) is 8.08. The van der Waals surface area contributed by atoms with E-state index in [-0.39, 0.29) is 5.69 Å². The van der Waals surface area contributed by atoms with Crippen LogP contribution in [0.2, 0.25) is 5.02 Å². The molecule has 0 atom stereocenters. The van der Waals surface area contributed by atoms with Crippen molar-refractivity contribution < 1.29 is 8.78 Å². The Bertz CT molecular complexity index is 538. The third kappa shape index (κ3) is 2.47. The molecule has 2 rings (SSSR count). The zero-order valence-electron chi connectivity index (χ0n) is 8.68. The summed E-state index contributed by atoms with van der Waals surface area (Å²) in [6.45, 7) is 0. The van der Waals surface area contributed by atoms with E-state index < -0.39 is 11.6 Å². The molecule has 2 aromatic carbocycles. The molecule has 0 aliphatic rings. The Labute approximate surface area is 102 Å². The number of benzene rings is 2. The van der Waals surface area contributed by atoms with Gasteiger partial charge < -0.3 is 11.1 Å².